The number of aliphatic hydroxyl groups is 3. The highest BCUT2D eigenvalue weighted by atomic mass is 16.6. The Morgan fingerprint density at radius 1 is 1.44 bits per heavy atom. The molecule has 1 aromatic rings. The fourth-order valence-corrected chi connectivity index (χ4v) is 1.67. The summed E-state index contributed by atoms with van der Waals surface area (Å²) in [5, 5.41) is 28.1. The zero-order chi connectivity index (χ0) is 11.7. The molecule has 0 aromatic carbocycles. The van der Waals surface area contributed by atoms with Crippen LogP contribution >= 0.6 is 0 Å². The second-order valence-corrected chi connectivity index (χ2v) is 3.54. The third kappa shape index (κ3) is 1.74. The van der Waals surface area contributed by atoms with E-state index in [0.717, 1.165) is 4.57 Å². The Morgan fingerprint density at radius 2 is 2.19 bits per heavy atom. The van der Waals surface area contributed by atoms with Gasteiger partial charge in [-0.1, -0.05) is 0 Å². The largest absolute Gasteiger partial charge is 0.394 e. The van der Waals surface area contributed by atoms with E-state index < -0.39 is 36.8 Å². The van der Waals surface area contributed by atoms with E-state index in [-0.39, 0.29) is 0 Å². The van der Waals surface area contributed by atoms with Gasteiger partial charge in [0.2, 0.25) is 0 Å². The molecule has 0 aliphatic carbocycles. The molecular weight excluding hydrogens is 216 g/mol. The van der Waals surface area contributed by atoms with Crippen LogP contribution in [-0.4, -0.2) is 49.8 Å². The van der Waals surface area contributed by atoms with Gasteiger partial charge in [0, 0.05) is 12.4 Å². The molecule has 3 N–H and O–H groups in total. The number of nitrogens with zero attached hydrogens (tertiary/aromatic N) is 2. The molecule has 1 aliphatic heterocycles. The summed E-state index contributed by atoms with van der Waals surface area (Å²) in [6.07, 6.45) is -1.68. The van der Waals surface area contributed by atoms with Crippen LogP contribution in [0.4, 0.5) is 0 Å². The second kappa shape index (κ2) is 4.30. The molecule has 7 nitrogen and oxygen atoms in total. The van der Waals surface area contributed by atoms with Gasteiger partial charge in [0.25, 0.3) is 0 Å². The van der Waals surface area contributed by atoms with Gasteiger partial charge in [-0.3, -0.25) is 4.57 Å². The number of ether oxygens (including phenoxy) is 1. The first-order chi connectivity index (χ1) is 7.65. The molecule has 0 bridgehead atoms. The standard InChI is InChI=1S/C9H12N2O5/c12-4-5-6(13)7(14)8(16-5)11-3-1-2-10-9(11)15/h1-3,5-8,12-14H,4H2/t5-,6+,7+,8-/m1/s1. The summed E-state index contributed by atoms with van der Waals surface area (Å²) in [5.41, 5.74) is -0.586. The molecular formula is C9H12N2O5. The van der Waals surface area contributed by atoms with E-state index in [1.165, 1.54) is 18.5 Å². The summed E-state index contributed by atoms with van der Waals surface area (Å²) in [6, 6.07) is 1.51. The average molecular weight is 228 g/mol. The van der Waals surface area contributed by atoms with Crippen molar-refractivity contribution in [2.45, 2.75) is 24.5 Å². The minimum atomic E-state index is -1.26. The van der Waals surface area contributed by atoms with Crippen molar-refractivity contribution >= 4 is 0 Å². The van der Waals surface area contributed by atoms with Crippen LogP contribution in [0.1, 0.15) is 6.23 Å². The highest BCUT2D eigenvalue weighted by molar-refractivity contribution is 4.92. The van der Waals surface area contributed by atoms with Gasteiger partial charge in [-0.15, -0.1) is 0 Å². The van der Waals surface area contributed by atoms with E-state index in [1.54, 1.807) is 0 Å². The monoisotopic (exact) mass is 228 g/mol. The van der Waals surface area contributed by atoms with E-state index in [9.17, 15) is 15.0 Å². The number of aliphatic hydroxyl groups excluding tert-OH is 3. The maximum Gasteiger partial charge on any atom is 0.349 e. The van der Waals surface area contributed by atoms with Crippen LogP contribution in [0.5, 0.6) is 0 Å². The Bertz CT molecular complexity index is 420. The molecule has 16 heavy (non-hydrogen) atoms. The van der Waals surface area contributed by atoms with Crippen LogP contribution in [0.15, 0.2) is 23.3 Å². The molecule has 0 amide bonds. The summed E-state index contributed by atoms with van der Waals surface area (Å²) in [5.74, 6) is 0. The molecule has 0 radical (unpaired) electrons. The molecule has 0 unspecified atom stereocenters. The summed E-state index contributed by atoms with van der Waals surface area (Å²) in [6.45, 7) is -0.427. The quantitative estimate of drug-likeness (QED) is 0.533. The van der Waals surface area contributed by atoms with Crippen molar-refractivity contribution < 1.29 is 20.1 Å². The molecule has 7 heteroatoms. The zero-order valence-corrected chi connectivity index (χ0v) is 8.30. The van der Waals surface area contributed by atoms with Crippen LogP contribution in [0.25, 0.3) is 0 Å². The molecule has 1 aliphatic rings. The molecule has 1 fully saturated rings. The van der Waals surface area contributed by atoms with E-state index in [1.807, 2.05) is 0 Å². The molecule has 0 saturated carbocycles. The van der Waals surface area contributed by atoms with Crippen molar-refractivity contribution in [3.05, 3.63) is 28.9 Å². The zero-order valence-electron chi connectivity index (χ0n) is 8.30. The van der Waals surface area contributed by atoms with E-state index in [4.69, 9.17) is 9.84 Å². The summed E-state index contributed by atoms with van der Waals surface area (Å²) < 4.78 is 6.25. The van der Waals surface area contributed by atoms with Gasteiger partial charge in [0.15, 0.2) is 6.23 Å². The number of hydrogen-bond acceptors (Lipinski definition) is 6. The lowest BCUT2D eigenvalue weighted by atomic mass is 10.1. The minimum Gasteiger partial charge on any atom is -0.394 e. The molecule has 0 spiro atoms. The molecule has 1 saturated heterocycles. The van der Waals surface area contributed by atoms with E-state index in [0.29, 0.717) is 0 Å². The lowest BCUT2D eigenvalue weighted by Gasteiger charge is -2.16. The normalized spacial score (nSPS) is 34.2. The number of rotatable bonds is 2. The Morgan fingerprint density at radius 3 is 2.75 bits per heavy atom. The fourth-order valence-electron chi connectivity index (χ4n) is 1.67. The van der Waals surface area contributed by atoms with Gasteiger partial charge in [-0.05, 0) is 6.07 Å². The van der Waals surface area contributed by atoms with Crippen LogP contribution in [-0.2, 0) is 4.74 Å². The second-order valence-electron chi connectivity index (χ2n) is 3.54. The fraction of sp³-hybridized carbons (Fsp3) is 0.556. The Kier molecular flexibility index (Phi) is 3.01. The van der Waals surface area contributed by atoms with Gasteiger partial charge in [0.1, 0.15) is 18.3 Å². The van der Waals surface area contributed by atoms with Crippen molar-refractivity contribution in [2.24, 2.45) is 0 Å². The van der Waals surface area contributed by atoms with Gasteiger partial charge in [-0.2, -0.15) is 0 Å². The topological polar surface area (TPSA) is 105 Å². The Hall–Kier alpha value is -1.28. The van der Waals surface area contributed by atoms with Crippen molar-refractivity contribution in [1.82, 2.24) is 9.55 Å². The van der Waals surface area contributed by atoms with Gasteiger partial charge in [-0.25, -0.2) is 9.78 Å². The first-order valence-electron chi connectivity index (χ1n) is 4.80. The maximum atomic E-state index is 11.4. The molecule has 2 heterocycles. The Labute approximate surface area is 90.6 Å². The molecule has 1 aromatic heterocycles. The van der Waals surface area contributed by atoms with Gasteiger partial charge in [0.05, 0.1) is 6.61 Å². The van der Waals surface area contributed by atoms with E-state index in [2.05, 4.69) is 4.98 Å². The van der Waals surface area contributed by atoms with E-state index >= 15 is 0 Å². The van der Waals surface area contributed by atoms with Gasteiger partial charge < -0.3 is 20.1 Å². The smallest absolute Gasteiger partial charge is 0.349 e. The first-order valence-corrected chi connectivity index (χ1v) is 4.80. The third-order valence-electron chi connectivity index (χ3n) is 2.53. The molecule has 4 atom stereocenters. The lowest BCUT2D eigenvalue weighted by molar-refractivity contribution is -0.0549. The predicted octanol–water partition coefficient (Wildman–Crippen LogP) is -2.15. The van der Waals surface area contributed by atoms with Crippen LogP contribution < -0.4 is 5.69 Å². The summed E-state index contributed by atoms with van der Waals surface area (Å²) in [7, 11) is 0. The minimum absolute atomic E-state index is 0.427. The highest BCUT2D eigenvalue weighted by Gasteiger charge is 2.43. The molecule has 88 valence electrons. The maximum absolute atomic E-state index is 11.4. The number of aromatic nitrogens is 2. The van der Waals surface area contributed by atoms with Crippen LogP contribution in [0, 0.1) is 0 Å². The van der Waals surface area contributed by atoms with Crippen molar-refractivity contribution in [1.29, 1.82) is 0 Å². The highest BCUT2D eigenvalue weighted by Crippen LogP contribution is 2.27. The average Bonchev–Trinajstić information content (AvgIpc) is 2.57. The summed E-state index contributed by atoms with van der Waals surface area (Å²) >= 11 is 0. The SMILES string of the molecule is O=c1ncccn1[C@@H]1O[C@H](CO)[C@H](O)[C@@H]1O. The third-order valence-corrected chi connectivity index (χ3v) is 2.53. The predicted molar refractivity (Wildman–Crippen MR) is 51.5 cm³/mol. The van der Waals surface area contributed by atoms with Crippen LogP contribution in [0.2, 0.25) is 0 Å². The summed E-state index contributed by atoms with van der Waals surface area (Å²) in [4.78, 5) is 14.9. The molecule has 2 rings (SSSR count). The Balaban J connectivity index is 2.30. The van der Waals surface area contributed by atoms with Gasteiger partial charge >= 0.3 is 5.69 Å². The first kappa shape index (κ1) is 11.2. The van der Waals surface area contributed by atoms with Crippen molar-refractivity contribution in [3.63, 3.8) is 0 Å². The van der Waals surface area contributed by atoms with Crippen LogP contribution in [0.3, 0.4) is 0 Å². The number of hydrogen-bond donors (Lipinski definition) is 3. The van der Waals surface area contributed by atoms with Crippen molar-refractivity contribution in [2.75, 3.05) is 6.61 Å². The van der Waals surface area contributed by atoms with Crippen molar-refractivity contribution in [3.8, 4) is 0 Å². The lowest BCUT2D eigenvalue weighted by Crippen LogP contribution is -2.35.